The number of carbonyl (C=O) groups is 1. The van der Waals surface area contributed by atoms with Crippen LogP contribution >= 0.6 is 0 Å². The summed E-state index contributed by atoms with van der Waals surface area (Å²) in [5.74, 6) is 0.300. The number of nitrogens with zero attached hydrogens (tertiary/aromatic N) is 5. The molecule has 3 rings (SSSR count). The van der Waals surface area contributed by atoms with E-state index in [9.17, 15) is 14.9 Å². The smallest absolute Gasteiger partial charge is 0.269 e. The van der Waals surface area contributed by atoms with Crippen molar-refractivity contribution in [1.29, 1.82) is 0 Å². The van der Waals surface area contributed by atoms with E-state index in [1.54, 1.807) is 18.3 Å². The number of nitro benzene ring substituents is 1. The van der Waals surface area contributed by atoms with Gasteiger partial charge in [0.2, 0.25) is 0 Å². The van der Waals surface area contributed by atoms with Gasteiger partial charge in [0.05, 0.1) is 33.6 Å². The van der Waals surface area contributed by atoms with Crippen molar-refractivity contribution in [2.45, 2.75) is 52.5 Å². The first-order valence-electron chi connectivity index (χ1n) is 9.58. The maximum absolute atomic E-state index is 12.8. The predicted octanol–water partition coefficient (Wildman–Crippen LogP) is 4.28. The van der Waals surface area contributed by atoms with E-state index in [1.165, 1.54) is 23.0 Å². The first-order valence-corrected chi connectivity index (χ1v) is 9.58. The normalized spacial score (nSPS) is 12.1. The van der Waals surface area contributed by atoms with Crippen molar-refractivity contribution in [3.8, 4) is 5.69 Å². The highest BCUT2D eigenvalue weighted by atomic mass is 16.6. The van der Waals surface area contributed by atoms with Gasteiger partial charge in [0.15, 0.2) is 0 Å². The number of non-ortho nitro benzene ring substituents is 1. The molecule has 0 aliphatic rings. The predicted molar refractivity (Wildman–Crippen MR) is 114 cm³/mol. The topological polar surface area (TPSA) is 108 Å². The van der Waals surface area contributed by atoms with Gasteiger partial charge in [-0.3, -0.25) is 14.9 Å². The van der Waals surface area contributed by atoms with Crippen LogP contribution < -0.4 is 5.32 Å². The Morgan fingerprint density at radius 3 is 2.27 bits per heavy atom. The van der Waals surface area contributed by atoms with E-state index in [4.69, 9.17) is 5.10 Å². The molecule has 30 heavy (non-hydrogen) atoms. The average molecular weight is 410 g/mol. The van der Waals surface area contributed by atoms with E-state index in [0.717, 1.165) is 5.69 Å². The molecule has 0 radical (unpaired) electrons. The number of benzene rings is 1. The zero-order chi connectivity index (χ0) is 22.3. The summed E-state index contributed by atoms with van der Waals surface area (Å²) < 4.78 is 3.31. The molecule has 0 aliphatic carbocycles. The number of hydrogen-bond donors (Lipinski definition) is 1. The molecule has 1 amide bonds. The molecule has 158 valence electrons. The van der Waals surface area contributed by atoms with Crippen molar-refractivity contribution in [2.24, 2.45) is 0 Å². The molecule has 9 heteroatoms. The van der Waals surface area contributed by atoms with E-state index in [0.29, 0.717) is 17.1 Å². The second-order valence-electron chi connectivity index (χ2n) is 9.15. The Bertz CT molecular complexity index is 1080. The Morgan fingerprint density at radius 2 is 1.73 bits per heavy atom. The zero-order valence-electron chi connectivity index (χ0n) is 18.0. The van der Waals surface area contributed by atoms with Gasteiger partial charge < -0.3 is 5.32 Å². The molecule has 0 saturated heterocycles. The molecule has 0 bridgehead atoms. The van der Waals surface area contributed by atoms with Crippen molar-refractivity contribution < 1.29 is 9.72 Å². The van der Waals surface area contributed by atoms with E-state index in [1.807, 2.05) is 31.5 Å². The Morgan fingerprint density at radius 1 is 1.10 bits per heavy atom. The van der Waals surface area contributed by atoms with Gasteiger partial charge in [0.25, 0.3) is 11.6 Å². The molecule has 0 fully saturated rings. The molecule has 2 heterocycles. The lowest BCUT2D eigenvalue weighted by Gasteiger charge is -2.22. The fourth-order valence-corrected chi connectivity index (χ4v) is 2.84. The van der Waals surface area contributed by atoms with Crippen molar-refractivity contribution >= 4 is 17.4 Å². The maximum Gasteiger partial charge on any atom is 0.269 e. The molecule has 2 aromatic heterocycles. The maximum atomic E-state index is 12.8. The Hall–Kier alpha value is -3.49. The van der Waals surface area contributed by atoms with E-state index in [-0.39, 0.29) is 22.5 Å². The fourth-order valence-electron chi connectivity index (χ4n) is 2.84. The fraction of sp³-hybridized carbons (Fsp3) is 0.381. The number of carbonyl (C=O) groups excluding carboxylic acids is 1. The average Bonchev–Trinajstić information content (AvgIpc) is 3.28. The molecule has 3 aromatic rings. The van der Waals surface area contributed by atoms with Crippen molar-refractivity contribution in [1.82, 2.24) is 19.6 Å². The highest BCUT2D eigenvalue weighted by molar-refractivity contribution is 6.03. The van der Waals surface area contributed by atoms with Gasteiger partial charge in [-0.2, -0.15) is 10.2 Å². The van der Waals surface area contributed by atoms with Crippen LogP contribution in [0.15, 0.2) is 42.7 Å². The lowest BCUT2D eigenvalue weighted by atomic mass is 9.92. The number of hydrogen-bond acceptors (Lipinski definition) is 5. The lowest BCUT2D eigenvalue weighted by Crippen LogP contribution is -2.27. The van der Waals surface area contributed by atoms with Crippen LogP contribution in [-0.2, 0) is 11.0 Å². The highest BCUT2D eigenvalue weighted by Gasteiger charge is 2.26. The van der Waals surface area contributed by atoms with Crippen LogP contribution in [0, 0.1) is 10.1 Å². The van der Waals surface area contributed by atoms with Gasteiger partial charge >= 0.3 is 0 Å². The number of rotatable bonds is 4. The SMILES string of the molecule is CC(C)(C)c1cc(NC(=O)c2cnn(-c3ccc([N+](=O)[O-])cc3)c2)n(C(C)(C)C)n1. The van der Waals surface area contributed by atoms with Crippen molar-refractivity contribution in [2.75, 3.05) is 5.32 Å². The minimum absolute atomic E-state index is 0.00559. The molecule has 0 atom stereocenters. The van der Waals surface area contributed by atoms with Gasteiger partial charge in [-0.25, -0.2) is 9.36 Å². The summed E-state index contributed by atoms with van der Waals surface area (Å²) in [5, 5.41) is 22.6. The number of nitro groups is 1. The van der Waals surface area contributed by atoms with Crippen LogP contribution in [0.3, 0.4) is 0 Å². The molecule has 0 saturated carbocycles. The number of anilines is 1. The Labute approximate surface area is 174 Å². The van der Waals surface area contributed by atoms with Crippen molar-refractivity contribution in [3.63, 3.8) is 0 Å². The van der Waals surface area contributed by atoms with Crippen LogP contribution in [0.1, 0.15) is 57.6 Å². The number of amides is 1. The second kappa shape index (κ2) is 7.40. The first kappa shape index (κ1) is 21.2. The van der Waals surface area contributed by atoms with E-state index < -0.39 is 4.92 Å². The largest absolute Gasteiger partial charge is 0.307 e. The summed E-state index contributed by atoms with van der Waals surface area (Å²) in [7, 11) is 0. The van der Waals surface area contributed by atoms with Gasteiger partial charge in [-0.05, 0) is 32.9 Å². The third-order valence-electron chi connectivity index (χ3n) is 4.52. The van der Waals surface area contributed by atoms with Crippen LogP contribution in [0.25, 0.3) is 5.69 Å². The van der Waals surface area contributed by atoms with E-state index in [2.05, 4.69) is 31.2 Å². The summed E-state index contributed by atoms with van der Waals surface area (Å²) in [4.78, 5) is 23.2. The number of nitrogens with one attached hydrogen (secondary N) is 1. The van der Waals surface area contributed by atoms with Gasteiger partial charge in [-0.15, -0.1) is 0 Å². The van der Waals surface area contributed by atoms with Crippen molar-refractivity contribution in [3.05, 3.63) is 64.1 Å². The standard InChI is InChI=1S/C21H26N6O3/c1-20(2,3)17-11-18(26(24-17)21(4,5)6)23-19(28)14-12-22-25(13-14)15-7-9-16(10-8-15)27(29)30/h7-13H,1-6H3,(H,23,28). The van der Waals surface area contributed by atoms with Gasteiger partial charge in [-0.1, -0.05) is 20.8 Å². The minimum atomic E-state index is -0.462. The molecule has 0 unspecified atom stereocenters. The molecule has 0 aliphatic heterocycles. The third-order valence-corrected chi connectivity index (χ3v) is 4.52. The second-order valence-corrected chi connectivity index (χ2v) is 9.15. The Kier molecular flexibility index (Phi) is 5.23. The molecule has 1 aromatic carbocycles. The van der Waals surface area contributed by atoms with Gasteiger partial charge in [0, 0.05) is 29.8 Å². The summed E-state index contributed by atoms with van der Waals surface area (Å²) in [6.07, 6.45) is 3.04. The monoisotopic (exact) mass is 410 g/mol. The van der Waals surface area contributed by atoms with Gasteiger partial charge in [0.1, 0.15) is 5.82 Å². The van der Waals surface area contributed by atoms with Crippen LogP contribution in [0.5, 0.6) is 0 Å². The molecular formula is C21H26N6O3. The lowest BCUT2D eigenvalue weighted by molar-refractivity contribution is -0.384. The molecule has 9 nitrogen and oxygen atoms in total. The van der Waals surface area contributed by atoms with Crippen LogP contribution in [0.2, 0.25) is 0 Å². The zero-order valence-corrected chi connectivity index (χ0v) is 18.0. The van der Waals surface area contributed by atoms with E-state index >= 15 is 0 Å². The summed E-state index contributed by atoms with van der Waals surface area (Å²) in [6, 6.07) is 7.84. The van der Waals surface area contributed by atoms with Crippen LogP contribution in [0.4, 0.5) is 11.5 Å². The number of aromatic nitrogens is 4. The molecular weight excluding hydrogens is 384 g/mol. The summed E-state index contributed by atoms with van der Waals surface area (Å²) in [5.41, 5.74) is 1.40. The summed E-state index contributed by atoms with van der Waals surface area (Å²) in [6.45, 7) is 12.3. The third kappa shape index (κ3) is 4.40. The quantitative estimate of drug-likeness (QED) is 0.510. The minimum Gasteiger partial charge on any atom is -0.307 e. The van der Waals surface area contributed by atoms with Crippen LogP contribution in [-0.4, -0.2) is 30.4 Å². The molecule has 0 spiro atoms. The highest BCUT2D eigenvalue weighted by Crippen LogP contribution is 2.28. The summed E-state index contributed by atoms with van der Waals surface area (Å²) >= 11 is 0. The Balaban J connectivity index is 1.85. The first-order chi connectivity index (χ1) is 13.9. The molecule has 1 N–H and O–H groups in total.